The molecule has 23 atom stereocenters. The smallest absolute Gasteiger partial charge is 0.227 e. The number of carbonyl (C=O) groups excluding carboxylic acids is 1. The van der Waals surface area contributed by atoms with Gasteiger partial charge in [0.25, 0.3) is 0 Å². The molecule has 406 valence electrons. The number of halogens is 1. The highest BCUT2D eigenvalue weighted by atomic mass is 79.9. The Bertz CT molecular complexity index is 2160. The van der Waals surface area contributed by atoms with Gasteiger partial charge in [0.05, 0.1) is 30.3 Å². The molecule has 17 heteroatoms. The summed E-state index contributed by atoms with van der Waals surface area (Å²) in [5.74, 6) is 0.879. The van der Waals surface area contributed by atoms with Gasteiger partial charge >= 0.3 is 0 Å². The molecule has 7 fully saturated rings. The lowest BCUT2D eigenvalue weighted by atomic mass is 9.33. The molecule has 1 amide bonds. The first-order chi connectivity index (χ1) is 33.7. The van der Waals surface area contributed by atoms with Crippen LogP contribution in [0.2, 0.25) is 0 Å². The van der Waals surface area contributed by atoms with E-state index in [1.807, 2.05) is 18.2 Å². The van der Waals surface area contributed by atoms with Crippen molar-refractivity contribution >= 4 is 21.8 Å². The number of ether oxygens (including phenoxy) is 6. The minimum Gasteiger partial charge on any atom is -0.394 e. The zero-order valence-corrected chi connectivity index (χ0v) is 45.2. The molecule has 9 rings (SSSR count). The Hall–Kier alpha value is -1.65. The van der Waals surface area contributed by atoms with Crippen molar-refractivity contribution in [2.45, 2.75) is 231 Å². The number of hydrogen-bond donors (Lipinski definition) is 9. The summed E-state index contributed by atoms with van der Waals surface area (Å²) in [5.41, 5.74) is 1.51. The second-order valence-electron chi connectivity index (χ2n) is 25.4. The van der Waals surface area contributed by atoms with Crippen LogP contribution in [0.5, 0.6) is 0 Å². The monoisotopic (exact) mass is 1080 g/mol. The predicted octanol–water partition coefficient (Wildman–Crippen LogP) is 4.76. The van der Waals surface area contributed by atoms with E-state index in [0.717, 1.165) is 67.8 Å². The summed E-state index contributed by atoms with van der Waals surface area (Å²) < 4.78 is 38.4. The third kappa shape index (κ3) is 9.02. The van der Waals surface area contributed by atoms with Crippen molar-refractivity contribution in [1.29, 1.82) is 0 Å². The third-order valence-corrected chi connectivity index (χ3v) is 21.5. The number of hydrogen-bond acceptors (Lipinski definition) is 15. The molecular formula is C55H84BrNO15. The van der Waals surface area contributed by atoms with Crippen molar-refractivity contribution in [1.82, 2.24) is 5.32 Å². The molecule has 1 aromatic rings. The molecule has 4 saturated carbocycles. The molecule has 0 radical (unpaired) electrons. The van der Waals surface area contributed by atoms with Gasteiger partial charge in [0.2, 0.25) is 5.91 Å². The molecule has 72 heavy (non-hydrogen) atoms. The molecule has 5 aliphatic carbocycles. The molecule has 0 bridgehead atoms. The molecule has 3 saturated heterocycles. The minimum absolute atomic E-state index is 0.0399. The third-order valence-electron chi connectivity index (χ3n) is 20.7. The summed E-state index contributed by atoms with van der Waals surface area (Å²) in [6.45, 7) is 19.6. The van der Waals surface area contributed by atoms with Crippen LogP contribution in [0.3, 0.4) is 0 Å². The van der Waals surface area contributed by atoms with Crippen LogP contribution in [0, 0.1) is 50.2 Å². The summed E-state index contributed by atoms with van der Waals surface area (Å²) in [6.07, 6.45) is -10.8. The number of fused-ring (bicyclic) bond motifs is 7. The first-order valence-electron chi connectivity index (χ1n) is 26.8. The summed E-state index contributed by atoms with van der Waals surface area (Å²) in [5, 5.41) is 90.6. The zero-order valence-electron chi connectivity index (χ0n) is 43.7. The maximum atomic E-state index is 14.8. The number of allylic oxidation sites excluding steroid dienone is 2. The van der Waals surface area contributed by atoms with E-state index >= 15 is 0 Å². The van der Waals surface area contributed by atoms with Gasteiger partial charge in [-0.25, -0.2) is 0 Å². The lowest BCUT2D eigenvalue weighted by molar-refractivity contribution is -0.393. The standard InChI is InChI=1S/C55H84BrNO15/c1-27-37(59)39(61)41(63)46(67-27)71-44-33(26-58)69-48(45(43(44)65)72-47-42(64)40(62)38(60)28(2)68-47)70-36-17-18-52(7)34(51(36,5)6)16-19-54(9)35(52)15-14-30-31-24-50(3,4)20-22-55(31,23-21-53(30,54)8)49(66)57-25-29-12-10-11-13-32(29)56/h10-14,27-28,31,33-48,58-65H,15-26H2,1-9H3,(H,57,66)/t27-,28-,31-,33+,34-,35+,36-,37-,38-,39+,40+,41+,42+,43-,44+,45+,46-,47-,48-,52-,53+,54+,55-/m0/s1. The van der Waals surface area contributed by atoms with E-state index in [1.54, 1.807) is 0 Å². The van der Waals surface area contributed by atoms with E-state index in [4.69, 9.17) is 28.4 Å². The van der Waals surface area contributed by atoms with Gasteiger partial charge in [0, 0.05) is 11.0 Å². The van der Waals surface area contributed by atoms with Crippen LogP contribution in [-0.2, 0) is 39.8 Å². The van der Waals surface area contributed by atoms with Crippen LogP contribution in [0.4, 0.5) is 0 Å². The highest BCUT2D eigenvalue weighted by Gasteiger charge is 2.70. The van der Waals surface area contributed by atoms with Crippen LogP contribution >= 0.6 is 15.9 Å². The van der Waals surface area contributed by atoms with Crippen LogP contribution in [-0.4, -0.2) is 152 Å². The molecule has 0 aromatic heterocycles. The largest absolute Gasteiger partial charge is 0.394 e. The summed E-state index contributed by atoms with van der Waals surface area (Å²) in [7, 11) is 0. The minimum atomic E-state index is -1.74. The van der Waals surface area contributed by atoms with Crippen molar-refractivity contribution in [3.8, 4) is 0 Å². The number of amides is 1. The van der Waals surface area contributed by atoms with Gasteiger partial charge in [-0.05, 0) is 135 Å². The van der Waals surface area contributed by atoms with E-state index < -0.39 is 116 Å². The molecule has 8 aliphatic rings. The van der Waals surface area contributed by atoms with E-state index in [2.05, 4.69) is 81.9 Å². The van der Waals surface area contributed by atoms with Crippen LogP contribution in [0.25, 0.3) is 0 Å². The highest BCUT2D eigenvalue weighted by molar-refractivity contribution is 9.10. The van der Waals surface area contributed by atoms with Crippen molar-refractivity contribution < 1.29 is 74.1 Å². The lowest BCUT2D eigenvalue weighted by Gasteiger charge is -2.71. The Morgan fingerprint density at radius 3 is 1.93 bits per heavy atom. The Kier molecular flexibility index (Phi) is 15.3. The molecule has 0 spiro atoms. The SMILES string of the molecule is C[C@@H]1O[C@@H](O[C@H]2[C@H](O[C@H]3CC[C@]4(C)[C@H]5CC=C6[C@@H]7CC(C)(C)CC[C@]7(C(=O)NCc7ccccc7Br)CC[C@@]6(C)[C@]5(C)CC[C@H]4C3(C)C)O[C@H](CO)[C@@H](O[C@@H]3O[C@@H](C)[C@H](O)[C@@H](O)[C@H]3O)[C@@H]2O)[C@H](O)[C@H](O)[C@H]1O. The molecule has 0 unspecified atom stereocenters. The summed E-state index contributed by atoms with van der Waals surface area (Å²) >= 11 is 3.68. The fourth-order valence-corrected chi connectivity index (χ4v) is 16.5. The molecule has 1 aromatic carbocycles. The van der Waals surface area contributed by atoms with Crippen LogP contribution < -0.4 is 5.32 Å². The van der Waals surface area contributed by atoms with Crippen molar-refractivity contribution in [2.75, 3.05) is 6.61 Å². The van der Waals surface area contributed by atoms with Crippen LogP contribution in [0.15, 0.2) is 40.4 Å². The fourth-order valence-electron chi connectivity index (χ4n) is 16.0. The summed E-state index contributed by atoms with van der Waals surface area (Å²) in [6, 6.07) is 8.08. The Labute approximate surface area is 433 Å². The maximum absolute atomic E-state index is 14.8. The van der Waals surface area contributed by atoms with E-state index in [-0.39, 0.29) is 39.4 Å². The number of rotatable bonds is 10. The lowest BCUT2D eigenvalue weighted by Crippen LogP contribution is -2.68. The van der Waals surface area contributed by atoms with Gasteiger partial charge in [-0.3, -0.25) is 4.79 Å². The fraction of sp³-hybridized carbons (Fsp3) is 0.836. The van der Waals surface area contributed by atoms with Gasteiger partial charge in [0.15, 0.2) is 18.9 Å². The van der Waals surface area contributed by atoms with Crippen LogP contribution in [0.1, 0.15) is 132 Å². The normalized spacial score (nSPS) is 49.8. The molecule has 16 nitrogen and oxygen atoms in total. The van der Waals surface area contributed by atoms with Gasteiger partial charge in [-0.2, -0.15) is 0 Å². The highest BCUT2D eigenvalue weighted by Crippen LogP contribution is 2.76. The quantitative estimate of drug-likeness (QED) is 0.113. The molecule has 3 aliphatic heterocycles. The van der Waals surface area contributed by atoms with E-state index in [9.17, 15) is 45.6 Å². The topological polar surface area (TPSA) is 246 Å². The average molecular weight is 1080 g/mol. The predicted molar refractivity (Wildman–Crippen MR) is 266 cm³/mol. The zero-order chi connectivity index (χ0) is 52.2. The molecular weight excluding hydrogens is 995 g/mol. The van der Waals surface area contributed by atoms with Crippen molar-refractivity contribution in [3.05, 3.63) is 46.0 Å². The number of nitrogens with one attached hydrogen (secondary N) is 1. The maximum Gasteiger partial charge on any atom is 0.227 e. The summed E-state index contributed by atoms with van der Waals surface area (Å²) in [4.78, 5) is 14.8. The second-order valence-corrected chi connectivity index (χ2v) is 26.3. The Balaban J connectivity index is 0.973. The number of carbonyl (C=O) groups is 1. The van der Waals surface area contributed by atoms with Crippen molar-refractivity contribution in [2.24, 2.45) is 50.2 Å². The average Bonchev–Trinajstić information content (AvgIpc) is 3.33. The van der Waals surface area contributed by atoms with Gasteiger partial charge in [0.1, 0.15) is 61.0 Å². The van der Waals surface area contributed by atoms with E-state index in [0.29, 0.717) is 18.9 Å². The molecule has 3 heterocycles. The number of aliphatic hydroxyl groups is 8. The first kappa shape index (κ1) is 55.1. The number of benzene rings is 1. The van der Waals surface area contributed by atoms with Gasteiger partial charge in [-0.15, -0.1) is 0 Å². The van der Waals surface area contributed by atoms with Crippen molar-refractivity contribution in [3.63, 3.8) is 0 Å². The molecule has 9 N–H and O–H groups in total. The first-order valence-corrected chi connectivity index (χ1v) is 27.6. The second kappa shape index (κ2) is 20.0. The van der Waals surface area contributed by atoms with Gasteiger partial charge < -0.3 is 74.6 Å². The van der Waals surface area contributed by atoms with Gasteiger partial charge in [-0.1, -0.05) is 94.2 Å². The Morgan fingerprint density at radius 1 is 0.694 bits per heavy atom. The number of aliphatic hydroxyl groups excluding tert-OH is 8. The Morgan fingerprint density at radius 2 is 1.31 bits per heavy atom. The van der Waals surface area contributed by atoms with E-state index in [1.165, 1.54) is 19.4 Å².